The minimum absolute atomic E-state index is 0.226. The summed E-state index contributed by atoms with van der Waals surface area (Å²) < 4.78 is 1.76. The summed E-state index contributed by atoms with van der Waals surface area (Å²) in [6.07, 6.45) is 1.98. The normalized spacial score (nSPS) is 13.6. The third-order valence-electron chi connectivity index (χ3n) is 4.46. The maximum Gasteiger partial charge on any atom is 0.255 e. The molecule has 1 heterocycles. The Morgan fingerprint density at radius 3 is 2.74 bits per heavy atom. The molecule has 2 aromatic carbocycles. The van der Waals surface area contributed by atoms with E-state index in [4.69, 9.17) is 11.6 Å². The lowest BCUT2D eigenvalue weighted by Gasteiger charge is -2.10. The van der Waals surface area contributed by atoms with Gasteiger partial charge in [-0.2, -0.15) is 0 Å². The van der Waals surface area contributed by atoms with Crippen LogP contribution in [0.3, 0.4) is 0 Å². The molecule has 2 amide bonds. The van der Waals surface area contributed by atoms with E-state index in [1.165, 1.54) is 0 Å². The largest absolute Gasteiger partial charge is 0.349 e. The van der Waals surface area contributed by atoms with Crippen LogP contribution in [0.25, 0.3) is 11.0 Å². The van der Waals surface area contributed by atoms with Gasteiger partial charge in [0.2, 0.25) is 0 Å². The van der Waals surface area contributed by atoms with Gasteiger partial charge in [-0.25, -0.2) is 4.68 Å². The van der Waals surface area contributed by atoms with E-state index in [0.717, 1.165) is 18.4 Å². The van der Waals surface area contributed by atoms with Crippen molar-refractivity contribution in [3.63, 3.8) is 0 Å². The summed E-state index contributed by atoms with van der Waals surface area (Å²) in [5.41, 5.74) is 2.85. The Bertz CT molecular complexity index is 1040. The molecular weight excluding hydrogens is 366 g/mol. The van der Waals surface area contributed by atoms with Crippen molar-refractivity contribution in [3.8, 4) is 0 Å². The molecule has 0 radical (unpaired) electrons. The van der Waals surface area contributed by atoms with E-state index in [0.29, 0.717) is 33.9 Å². The molecule has 0 aliphatic heterocycles. The summed E-state index contributed by atoms with van der Waals surface area (Å²) in [5, 5.41) is 14.2. The average Bonchev–Trinajstić information content (AvgIpc) is 3.38. The van der Waals surface area contributed by atoms with Crippen molar-refractivity contribution in [1.29, 1.82) is 0 Å². The lowest BCUT2D eigenvalue weighted by atomic mass is 10.1. The summed E-state index contributed by atoms with van der Waals surface area (Å²) in [5.74, 6) is -0.518. The number of amides is 2. The fraction of sp³-hybridized carbons (Fsp3) is 0.263. The van der Waals surface area contributed by atoms with Gasteiger partial charge in [0, 0.05) is 23.8 Å². The number of hydrogen-bond donors (Lipinski definition) is 2. The highest BCUT2D eigenvalue weighted by molar-refractivity contribution is 6.34. The molecule has 1 aliphatic rings. The predicted molar refractivity (Wildman–Crippen MR) is 103 cm³/mol. The molecule has 0 unspecified atom stereocenters. The first kappa shape index (κ1) is 17.5. The van der Waals surface area contributed by atoms with Crippen molar-refractivity contribution in [2.45, 2.75) is 32.4 Å². The highest BCUT2D eigenvalue weighted by atomic mass is 35.5. The van der Waals surface area contributed by atoms with Gasteiger partial charge in [-0.1, -0.05) is 16.8 Å². The van der Waals surface area contributed by atoms with Gasteiger partial charge in [-0.05, 0) is 56.2 Å². The van der Waals surface area contributed by atoms with E-state index >= 15 is 0 Å². The van der Waals surface area contributed by atoms with Crippen molar-refractivity contribution in [2.24, 2.45) is 0 Å². The second-order valence-electron chi connectivity index (χ2n) is 6.51. The van der Waals surface area contributed by atoms with Crippen LogP contribution in [-0.2, 0) is 6.54 Å². The Hall–Kier alpha value is -2.93. The number of benzene rings is 2. The first-order chi connectivity index (χ1) is 13.0. The number of halogens is 1. The zero-order chi connectivity index (χ0) is 19.0. The molecule has 4 rings (SSSR count). The first-order valence-electron chi connectivity index (χ1n) is 8.80. The van der Waals surface area contributed by atoms with Gasteiger partial charge in [-0.3, -0.25) is 9.59 Å². The van der Waals surface area contributed by atoms with Crippen LogP contribution in [0.4, 0.5) is 5.69 Å². The number of rotatable bonds is 5. The maximum atomic E-state index is 12.6. The predicted octanol–water partition coefficient (Wildman–Crippen LogP) is 3.25. The van der Waals surface area contributed by atoms with E-state index in [2.05, 4.69) is 20.9 Å². The summed E-state index contributed by atoms with van der Waals surface area (Å²) in [6, 6.07) is 10.3. The monoisotopic (exact) mass is 383 g/mol. The Balaban J connectivity index is 1.54. The molecule has 27 heavy (non-hydrogen) atoms. The second-order valence-corrected chi connectivity index (χ2v) is 6.91. The molecule has 1 fully saturated rings. The van der Waals surface area contributed by atoms with Crippen molar-refractivity contribution >= 4 is 40.1 Å². The minimum Gasteiger partial charge on any atom is -0.349 e. The molecule has 2 N–H and O–H groups in total. The molecule has 7 nitrogen and oxygen atoms in total. The molecule has 0 saturated heterocycles. The molecule has 138 valence electrons. The molecule has 3 aromatic rings. The highest BCUT2D eigenvalue weighted by Crippen LogP contribution is 2.24. The van der Waals surface area contributed by atoms with E-state index in [1.807, 2.05) is 13.0 Å². The number of aryl methyl sites for hydroxylation is 1. The number of anilines is 1. The summed E-state index contributed by atoms with van der Waals surface area (Å²) in [6.45, 7) is 2.69. The second kappa shape index (κ2) is 7.00. The quantitative estimate of drug-likeness (QED) is 0.707. The van der Waals surface area contributed by atoms with Crippen LogP contribution in [0.2, 0.25) is 5.02 Å². The van der Waals surface area contributed by atoms with Gasteiger partial charge in [-0.15, -0.1) is 5.10 Å². The fourth-order valence-electron chi connectivity index (χ4n) is 2.82. The van der Waals surface area contributed by atoms with E-state index in [9.17, 15) is 9.59 Å². The van der Waals surface area contributed by atoms with Crippen LogP contribution < -0.4 is 10.6 Å². The van der Waals surface area contributed by atoms with E-state index < -0.39 is 0 Å². The Morgan fingerprint density at radius 1 is 1.19 bits per heavy atom. The zero-order valence-electron chi connectivity index (χ0n) is 14.7. The van der Waals surface area contributed by atoms with Gasteiger partial charge >= 0.3 is 0 Å². The summed E-state index contributed by atoms with van der Waals surface area (Å²) >= 11 is 6.14. The standard InChI is InChI=1S/C19H18ClN5O2/c1-2-25-17-8-3-11(9-16(17)23-24-25)18(26)22-13-6-7-15(20)14(10-13)19(27)21-12-4-5-12/h3,6-10,12H,2,4-5H2,1H3,(H,21,27)(H,22,26). The van der Waals surface area contributed by atoms with Crippen molar-refractivity contribution in [1.82, 2.24) is 20.3 Å². The lowest BCUT2D eigenvalue weighted by molar-refractivity contribution is 0.0949. The smallest absolute Gasteiger partial charge is 0.255 e. The van der Waals surface area contributed by atoms with Gasteiger partial charge in [0.15, 0.2) is 0 Å². The number of aromatic nitrogens is 3. The van der Waals surface area contributed by atoms with Gasteiger partial charge in [0.1, 0.15) is 5.52 Å². The molecular formula is C19H18ClN5O2. The van der Waals surface area contributed by atoms with Crippen LogP contribution >= 0.6 is 11.6 Å². The Labute approximate surface area is 160 Å². The van der Waals surface area contributed by atoms with Crippen LogP contribution in [0.5, 0.6) is 0 Å². The molecule has 8 heteroatoms. The molecule has 0 bridgehead atoms. The van der Waals surface area contributed by atoms with Crippen LogP contribution in [0, 0.1) is 0 Å². The molecule has 0 atom stereocenters. The number of nitrogens with zero attached hydrogens (tertiary/aromatic N) is 3. The molecule has 1 aliphatic carbocycles. The zero-order valence-corrected chi connectivity index (χ0v) is 15.5. The summed E-state index contributed by atoms with van der Waals surface area (Å²) in [4.78, 5) is 24.9. The third-order valence-corrected chi connectivity index (χ3v) is 4.79. The van der Waals surface area contributed by atoms with Gasteiger partial charge in [0.25, 0.3) is 11.8 Å². The highest BCUT2D eigenvalue weighted by Gasteiger charge is 2.25. The van der Waals surface area contributed by atoms with Crippen molar-refractivity contribution in [2.75, 3.05) is 5.32 Å². The summed E-state index contributed by atoms with van der Waals surface area (Å²) in [7, 11) is 0. The van der Waals surface area contributed by atoms with Crippen LogP contribution in [-0.4, -0.2) is 32.9 Å². The topological polar surface area (TPSA) is 88.9 Å². The molecule has 1 saturated carbocycles. The van der Waals surface area contributed by atoms with E-state index in [1.54, 1.807) is 35.0 Å². The fourth-order valence-corrected chi connectivity index (χ4v) is 3.02. The molecule has 1 aromatic heterocycles. The minimum atomic E-state index is -0.293. The Kier molecular flexibility index (Phi) is 4.53. The maximum absolute atomic E-state index is 12.6. The van der Waals surface area contributed by atoms with E-state index in [-0.39, 0.29) is 17.9 Å². The average molecular weight is 384 g/mol. The third kappa shape index (κ3) is 3.64. The Morgan fingerprint density at radius 2 is 2.00 bits per heavy atom. The number of carbonyl (C=O) groups excluding carboxylic acids is 2. The lowest BCUT2D eigenvalue weighted by Crippen LogP contribution is -2.25. The van der Waals surface area contributed by atoms with Crippen LogP contribution in [0.15, 0.2) is 36.4 Å². The van der Waals surface area contributed by atoms with Crippen LogP contribution in [0.1, 0.15) is 40.5 Å². The van der Waals surface area contributed by atoms with Crippen molar-refractivity contribution < 1.29 is 9.59 Å². The van der Waals surface area contributed by atoms with Gasteiger partial charge < -0.3 is 10.6 Å². The first-order valence-corrected chi connectivity index (χ1v) is 9.18. The number of hydrogen-bond acceptors (Lipinski definition) is 4. The number of carbonyl (C=O) groups is 2. The molecule has 0 spiro atoms. The number of fused-ring (bicyclic) bond motifs is 1. The van der Waals surface area contributed by atoms with Gasteiger partial charge in [0.05, 0.1) is 16.1 Å². The number of nitrogens with one attached hydrogen (secondary N) is 2. The van der Waals surface area contributed by atoms with Crippen molar-refractivity contribution in [3.05, 3.63) is 52.5 Å². The SMILES string of the molecule is CCn1nnc2cc(C(=O)Nc3ccc(Cl)c(C(=O)NC4CC4)c3)ccc21.